The summed E-state index contributed by atoms with van der Waals surface area (Å²) in [6.07, 6.45) is 6.71. The molecule has 23 heavy (non-hydrogen) atoms. The standard InChI is InChI=1S/C17H16N4OS/c22-16(20-8-4-7-13-5-2-1-3-6-13)15-12-23-17(21-15)14-11-18-9-10-19-14/h1-3,5-6,9-12H,4,7-8H2,(H,20,22). The lowest BCUT2D eigenvalue weighted by atomic mass is 10.1. The lowest BCUT2D eigenvalue weighted by Gasteiger charge is -2.03. The molecule has 0 fully saturated rings. The van der Waals surface area contributed by atoms with Crippen molar-refractivity contribution in [1.82, 2.24) is 20.3 Å². The topological polar surface area (TPSA) is 67.8 Å². The van der Waals surface area contributed by atoms with E-state index in [4.69, 9.17) is 0 Å². The smallest absolute Gasteiger partial charge is 0.270 e. The molecule has 0 aliphatic heterocycles. The number of carbonyl (C=O) groups excluding carboxylic acids is 1. The van der Waals surface area contributed by atoms with Crippen LogP contribution in [0.2, 0.25) is 0 Å². The summed E-state index contributed by atoms with van der Waals surface area (Å²) in [4.78, 5) is 24.6. The van der Waals surface area contributed by atoms with E-state index >= 15 is 0 Å². The van der Waals surface area contributed by atoms with E-state index in [0.29, 0.717) is 22.9 Å². The number of benzene rings is 1. The van der Waals surface area contributed by atoms with Crippen molar-refractivity contribution in [3.05, 3.63) is 65.6 Å². The highest BCUT2D eigenvalue weighted by Crippen LogP contribution is 2.20. The van der Waals surface area contributed by atoms with E-state index < -0.39 is 0 Å². The molecule has 116 valence electrons. The molecule has 0 spiro atoms. The number of hydrogen-bond donors (Lipinski definition) is 1. The van der Waals surface area contributed by atoms with Crippen LogP contribution in [0.4, 0.5) is 0 Å². The van der Waals surface area contributed by atoms with Gasteiger partial charge in [0.15, 0.2) is 0 Å². The largest absolute Gasteiger partial charge is 0.351 e. The molecule has 1 N–H and O–H groups in total. The molecule has 3 aromatic rings. The minimum atomic E-state index is -0.149. The molecule has 3 rings (SSSR count). The molecule has 5 nitrogen and oxygen atoms in total. The summed E-state index contributed by atoms with van der Waals surface area (Å²) in [7, 11) is 0. The zero-order chi connectivity index (χ0) is 15.9. The summed E-state index contributed by atoms with van der Waals surface area (Å²) in [6.45, 7) is 0.631. The van der Waals surface area contributed by atoms with Crippen LogP contribution in [0.1, 0.15) is 22.5 Å². The molecule has 0 radical (unpaired) electrons. The van der Waals surface area contributed by atoms with Gasteiger partial charge in [-0.05, 0) is 18.4 Å². The van der Waals surface area contributed by atoms with Crippen LogP contribution in [-0.2, 0) is 6.42 Å². The van der Waals surface area contributed by atoms with E-state index in [1.54, 1.807) is 24.0 Å². The molecule has 0 aliphatic carbocycles. The Balaban J connectivity index is 1.50. The van der Waals surface area contributed by atoms with Gasteiger partial charge in [0.2, 0.25) is 0 Å². The zero-order valence-electron chi connectivity index (χ0n) is 12.5. The molecule has 0 bridgehead atoms. The number of thiazole rings is 1. The second-order valence-corrected chi connectivity index (χ2v) is 5.83. The summed E-state index contributed by atoms with van der Waals surface area (Å²) < 4.78 is 0. The molecular weight excluding hydrogens is 308 g/mol. The Morgan fingerprint density at radius 3 is 2.83 bits per heavy atom. The van der Waals surface area contributed by atoms with Crippen LogP contribution in [-0.4, -0.2) is 27.4 Å². The van der Waals surface area contributed by atoms with Crippen LogP contribution >= 0.6 is 11.3 Å². The highest BCUT2D eigenvalue weighted by molar-refractivity contribution is 7.13. The minimum absolute atomic E-state index is 0.149. The fourth-order valence-corrected chi connectivity index (χ4v) is 2.90. The first kappa shape index (κ1) is 15.3. The highest BCUT2D eigenvalue weighted by Gasteiger charge is 2.12. The first-order chi connectivity index (χ1) is 11.3. The van der Waals surface area contributed by atoms with E-state index in [9.17, 15) is 4.79 Å². The van der Waals surface area contributed by atoms with E-state index in [1.807, 2.05) is 18.2 Å². The van der Waals surface area contributed by atoms with Crippen LogP contribution in [0.25, 0.3) is 10.7 Å². The summed E-state index contributed by atoms with van der Waals surface area (Å²) in [6, 6.07) is 10.2. The Kier molecular flexibility index (Phi) is 5.06. The van der Waals surface area contributed by atoms with Gasteiger partial charge in [-0.15, -0.1) is 11.3 Å². The average Bonchev–Trinajstić information content (AvgIpc) is 3.10. The normalized spacial score (nSPS) is 10.4. The highest BCUT2D eigenvalue weighted by atomic mass is 32.1. The van der Waals surface area contributed by atoms with Gasteiger partial charge in [0.25, 0.3) is 5.91 Å². The van der Waals surface area contributed by atoms with Gasteiger partial charge in [0.1, 0.15) is 16.4 Å². The Morgan fingerprint density at radius 2 is 2.04 bits per heavy atom. The van der Waals surface area contributed by atoms with Gasteiger partial charge in [-0.1, -0.05) is 30.3 Å². The zero-order valence-corrected chi connectivity index (χ0v) is 13.3. The Hall–Kier alpha value is -2.60. The Morgan fingerprint density at radius 1 is 1.17 bits per heavy atom. The summed E-state index contributed by atoms with van der Waals surface area (Å²) in [5.74, 6) is -0.149. The molecular formula is C17H16N4OS. The van der Waals surface area contributed by atoms with Crippen molar-refractivity contribution in [3.63, 3.8) is 0 Å². The third-order valence-electron chi connectivity index (χ3n) is 3.29. The third-order valence-corrected chi connectivity index (χ3v) is 4.15. The van der Waals surface area contributed by atoms with Crippen molar-refractivity contribution in [2.45, 2.75) is 12.8 Å². The van der Waals surface area contributed by atoms with Gasteiger partial charge in [-0.3, -0.25) is 14.8 Å². The van der Waals surface area contributed by atoms with Crippen LogP contribution < -0.4 is 5.32 Å². The van der Waals surface area contributed by atoms with Crippen molar-refractivity contribution in [2.24, 2.45) is 0 Å². The van der Waals surface area contributed by atoms with Gasteiger partial charge >= 0.3 is 0 Å². The lowest BCUT2D eigenvalue weighted by Crippen LogP contribution is -2.25. The summed E-state index contributed by atoms with van der Waals surface area (Å²) in [5, 5.41) is 5.35. The predicted octanol–water partition coefficient (Wildman–Crippen LogP) is 2.96. The number of carbonyl (C=O) groups is 1. The van der Waals surface area contributed by atoms with Gasteiger partial charge in [-0.25, -0.2) is 4.98 Å². The van der Waals surface area contributed by atoms with E-state index in [0.717, 1.165) is 12.8 Å². The number of aromatic nitrogens is 3. The van der Waals surface area contributed by atoms with Gasteiger partial charge in [0.05, 0.1) is 6.20 Å². The van der Waals surface area contributed by atoms with Gasteiger partial charge < -0.3 is 5.32 Å². The van der Waals surface area contributed by atoms with E-state index in [1.165, 1.54) is 16.9 Å². The average molecular weight is 324 g/mol. The number of aryl methyl sites for hydroxylation is 1. The molecule has 1 amide bonds. The lowest BCUT2D eigenvalue weighted by molar-refractivity contribution is 0.0949. The number of nitrogens with one attached hydrogen (secondary N) is 1. The Labute approximate surface area is 138 Å². The maximum atomic E-state index is 12.1. The molecule has 2 aromatic heterocycles. The minimum Gasteiger partial charge on any atom is -0.351 e. The molecule has 0 unspecified atom stereocenters. The molecule has 0 saturated heterocycles. The maximum Gasteiger partial charge on any atom is 0.270 e. The molecule has 0 aliphatic rings. The van der Waals surface area contributed by atoms with Crippen molar-refractivity contribution < 1.29 is 4.79 Å². The molecule has 1 aromatic carbocycles. The first-order valence-electron chi connectivity index (χ1n) is 7.37. The number of rotatable bonds is 6. The number of nitrogens with zero attached hydrogens (tertiary/aromatic N) is 3. The fourth-order valence-electron chi connectivity index (χ4n) is 2.13. The van der Waals surface area contributed by atoms with E-state index in [2.05, 4.69) is 32.4 Å². The van der Waals surface area contributed by atoms with E-state index in [-0.39, 0.29) is 5.91 Å². The Bertz CT molecular complexity index is 759. The summed E-state index contributed by atoms with van der Waals surface area (Å²) >= 11 is 1.39. The molecule has 0 saturated carbocycles. The second-order valence-electron chi connectivity index (χ2n) is 4.97. The maximum absolute atomic E-state index is 12.1. The number of hydrogen-bond acceptors (Lipinski definition) is 5. The van der Waals surface area contributed by atoms with Gasteiger partial charge in [0, 0.05) is 24.3 Å². The molecule has 6 heteroatoms. The van der Waals surface area contributed by atoms with Crippen LogP contribution in [0.5, 0.6) is 0 Å². The van der Waals surface area contributed by atoms with Crippen LogP contribution in [0.3, 0.4) is 0 Å². The third kappa shape index (κ3) is 4.20. The van der Waals surface area contributed by atoms with Crippen LogP contribution in [0.15, 0.2) is 54.3 Å². The molecule has 0 atom stereocenters. The van der Waals surface area contributed by atoms with Crippen LogP contribution in [0, 0.1) is 0 Å². The summed E-state index contributed by atoms with van der Waals surface area (Å²) in [5.41, 5.74) is 2.39. The first-order valence-corrected chi connectivity index (χ1v) is 8.25. The monoisotopic (exact) mass is 324 g/mol. The van der Waals surface area contributed by atoms with Crippen molar-refractivity contribution in [3.8, 4) is 10.7 Å². The second kappa shape index (κ2) is 7.60. The fraction of sp³-hybridized carbons (Fsp3) is 0.176. The van der Waals surface area contributed by atoms with Crippen molar-refractivity contribution in [1.29, 1.82) is 0 Å². The predicted molar refractivity (Wildman–Crippen MR) is 90.2 cm³/mol. The molecule has 2 heterocycles. The van der Waals surface area contributed by atoms with Gasteiger partial charge in [-0.2, -0.15) is 0 Å². The van der Waals surface area contributed by atoms with Crippen molar-refractivity contribution >= 4 is 17.2 Å². The quantitative estimate of drug-likeness (QED) is 0.708. The number of amides is 1. The SMILES string of the molecule is O=C(NCCCc1ccccc1)c1csc(-c2cnccn2)n1. The van der Waals surface area contributed by atoms with Crippen molar-refractivity contribution in [2.75, 3.05) is 6.54 Å².